The van der Waals surface area contributed by atoms with E-state index in [4.69, 9.17) is 6.11 Å². The van der Waals surface area contributed by atoms with Gasteiger partial charge in [-0.1, -0.05) is 55.7 Å². The molecule has 0 aliphatic heterocycles. The number of rotatable bonds is 9. The molecule has 6 heteroatoms. The number of hydrogen-bond acceptors (Lipinski definition) is 5. The van der Waals surface area contributed by atoms with Crippen LogP contribution in [0.5, 0.6) is 0 Å². The predicted octanol–water partition coefficient (Wildman–Crippen LogP) is 6.10. The Labute approximate surface area is 220 Å². The van der Waals surface area contributed by atoms with E-state index in [2.05, 4.69) is 4.74 Å². The molecule has 2 aliphatic carbocycles. The Balaban J connectivity index is 1.55. The van der Waals surface area contributed by atoms with Crippen molar-refractivity contribution in [1.29, 1.82) is 0 Å². The van der Waals surface area contributed by atoms with E-state index < -0.39 is 12.5 Å². The van der Waals surface area contributed by atoms with Crippen LogP contribution in [0.2, 0.25) is 0 Å². The fraction of sp³-hybridized carbons (Fsp3) is 0.387. The van der Waals surface area contributed by atoms with Crippen molar-refractivity contribution in [2.45, 2.75) is 64.0 Å². The van der Waals surface area contributed by atoms with Gasteiger partial charge in [0.05, 0.1) is 15.0 Å². The van der Waals surface area contributed by atoms with Crippen LogP contribution in [0.3, 0.4) is 0 Å². The Bertz CT molecular complexity index is 1180. The highest BCUT2D eigenvalue weighted by Crippen LogP contribution is 2.29. The first-order chi connectivity index (χ1) is 18.4. The van der Waals surface area contributed by atoms with E-state index in [0.29, 0.717) is 11.3 Å². The molecule has 0 aromatic heterocycles. The van der Waals surface area contributed by atoms with Crippen LogP contribution in [-0.4, -0.2) is 31.1 Å². The summed E-state index contributed by atoms with van der Waals surface area (Å²) in [6.45, 7) is -0.953. The first-order valence-electron chi connectivity index (χ1n) is 13.6. The summed E-state index contributed by atoms with van der Waals surface area (Å²) in [7, 11) is 1.32. The van der Waals surface area contributed by atoms with Crippen molar-refractivity contribution in [3.63, 3.8) is 0 Å². The van der Waals surface area contributed by atoms with Gasteiger partial charge in [0.2, 0.25) is 5.91 Å². The van der Waals surface area contributed by atoms with E-state index in [1.807, 2.05) is 48.5 Å². The second-order valence-corrected chi connectivity index (χ2v) is 9.61. The third-order valence-electron chi connectivity index (χ3n) is 6.91. The first kappa shape index (κ1) is 25.0. The van der Waals surface area contributed by atoms with E-state index >= 15 is 0 Å². The van der Waals surface area contributed by atoms with E-state index in [1.165, 1.54) is 19.3 Å². The summed E-state index contributed by atoms with van der Waals surface area (Å²) in [6.07, 6.45) is 13.9. The number of anilines is 1. The van der Waals surface area contributed by atoms with Crippen LogP contribution < -0.4 is 4.90 Å². The zero-order valence-corrected chi connectivity index (χ0v) is 21.3. The van der Waals surface area contributed by atoms with Crippen LogP contribution in [0.1, 0.15) is 69.4 Å². The average Bonchev–Trinajstić information content (AvgIpc) is 2.93. The van der Waals surface area contributed by atoms with Gasteiger partial charge >= 0.3 is 11.9 Å². The topological polar surface area (TPSA) is 72.9 Å². The van der Waals surface area contributed by atoms with Crippen LogP contribution in [-0.2, 0) is 30.4 Å². The molecule has 2 saturated carbocycles. The summed E-state index contributed by atoms with van der Waals surface area (Å²) in [4.78, 5) is 38.8. The molecular weight excluding hydrogens is 466 g/mol. The molecular formula is C31H35NO5. The molecule has 1 unspecified atom stereocenters. The van der Waals surface area contributed by atoms with Gasteiger partial charge in [-0.05, 0) is 73.1 Å². The Morgan fingerprint density at radius 1 is 0.892 bits per heavy atom. The quantitative estimate of drug-likeness (QED) is 0.306. The molecule has 0 saturated heterocycles. The number of esters is 2. The molecule has 194 valence electrons. The molecule has 0 bridgehead atoms. The number of carbonyl (C=O) groups excluding carboxylic acids is 3. The maximum absolute atomic E-state index is 13.8. The second kappa shape index (κ2) is 13.0. The van der Waals surface area contributed by atoms with Crippen molar-refractivity contribution in [2.75, 3.05) is 12.0 Å². The fourth-order valence-electron chi connectivity index (χ4n) is 4.52. The van der Waals surface area contributed by atoms with Crippen LogP contribution in [0.4, 0.5) is 5.69 Å². The summed E-state index contributed by atoms with van der Waals surface area (Å²) in [5.41, 5.74) is 2.82. The molecule has 4 rings (SSSR count). The molecule has 6 nitrogen and oxygen atoms in total. The highest BCUT2D eigenvalue weighted by molar-refractivity contribution is 5.95. The van der Waals surface area contributed by atoms with E-state index in [9.17, 15) is 14.4 Å². The average molecular weight is 503 g/mol. The highest BCUT2D eigenvalue weighted by Gasteiger charge is 2.27. The number of methoxy groups -OCH3 is 1. The Kier molecular flexibility index (Phi) is 8.81. The van der Waals surface area contributed by atoms with Crippen LogP contribution >= 0.6 is 0 Å². The van der Waals surface area contributed by atoms with Gasteiger partial charge in [-0.25, -0.2) is 9.59 Å². The van der Waals surface area contributed by atoms with Crippen molar-refractivity contribution < 1.29 is 25.2 Å². The molecule has 2 fully saturated rings. The first-order valence-corrected chi connectivity index (χ1v) is 13.0. The van der Waals surface area contributed by atoms with Crippen molar-refractivity contribution in [1.82, 2.24) is 0 Å². The minimum Gasteiger partial charge on any atom is -0.466 e. The molecule has 0 spiro atoms. The van der Waals surface area contributed by atoms with E-state index in [0.717, 1.165) is 62.5 Å². The monoisotopic (exact) mass is 502 g/mol. The normalized spacial score (nSPS) is 17.7. The number of nitrogens with zero attached hydrogens (tertiary/aromatic N) is 1. The van der Waals surface area contributed by atoms with Gasteiger partial charge in [0.1, 0.15) is 6.10 Å². The van der Waals surface area contributed by atoms with Crippen molar-refractivity contribution in [2.24, 2.45) is 5.92 Å². The number of amides is 1. The fourth-order valence-corrected chi connectivity index (χ4v) is 4.52. The van der Waals surface area contributed by atoms with Gasteiger partial charge in [-0.2, -0.15) is 0 Å². The lowest BCUT2D eigenvalue weighted by atomic mass is 9.88. The van der Waals surface area contributed by atoms with Gasteiger partial charge in [0.15, 0.2) is 0 Å². The van der Waals surface area contributed by atoms with Crippen molar-refractivity contribution in [3.8, 4) is 0 Å². The molecule has 1 atom stereocenters. The number of carbonyl (C=O) groups is 3. The molecule has 0 heterocycles. The lowest BCUT2D eigenvalue weighted by molar-refractivity contribution is -0.146. The number of ether oxygens (including phenoxy) is 2. The van der Waals surface area contributed by atoms with E-state index in [1.54, 1.807) is 17.1 Å². The van der Waals surface area contributed by atoms with Crippen LogP contribution in [0, 0.1) is 5.92 Å². The number of hydrogen-bond donors (Lipinski definition) is 0. The van der Waals surface area contributed by atoms with E-state index in [-0.39, 0.29) is 23.9 Å². The van der Waals surface area contributed by atoms with Gasteiger partial charge in [-0.15, -0.1) is 0 Å². The third-order valence-corrected chi connectivity index (χ3v) is 6.91. The zero-order valence-electron chi connectivity index (χ0n) is 22.3. The minimum absolute atomic E-state index is 0.0424. The molecule has 37 heavy (non-hydrogen) atoms. The summed E-state index contributed by atoms with van der Waals surface area (Å²) >= 11 is 0. The van der Waals surface area contributed by atoms with Gasteiger partial charge in [0.25, 0.3) is 0 Å². The summed E-state index contributed by atoms with van der Waals surface area (Å²) in [5, 5.41) is 0. The largest absolute Gasteiger partial charge is 0.466 e. The summed E-state index contributed by atoms with van der Waals surface area (Å²) in [6, 6.07) is 14.6. The maximum Gasteiger partial charge on any atom is 0.331 e. The van der Waals surface area contributed by atoms with Crippen molar-refractivity contribution >= 4 is 35.7 Å². The Morgan fingerprint density at radius 3 is 2.27 bits per heavy atom. The Morgan fingerprint density at radius 2 is 1.59 bits per heavy atom. The molecule has 2 aromatic rings. The third kappa shape index (κ3) is 7.66. The van der Waals surface area contributed by atoms with Crippen molar-refractivity contribution in [3.05, 3.63) is 77.4 Å². The SMILES string of the molecule is [2H]C(c1ccc(/C=C/C(=O)OC2CCC2)cc1)N(C(=O)C1CCCCC1)c1cccc(/C=C/C(=O)OC)c1. The molecule has 2 aromatic carbocycles. The van der Waals surface area contributed by atoms with Gasteiger partial charge < -0.3 is 14.4 Å². The van der Waals surface area contributed by atoms with Gasteiger partial charge in [0, 0.05) is 23.8 Å². The smallest absolute Gasteiger partial charge is 0.331 e. The highest BCUT2D eigenvalue weighted by atomic mass is 16.5. The molecule has 0 N–H and O–H groups in total. The molecule has 2 aliphatic rings. The van der Waals surface area contributed by atoms with Crippen LogP contribution in [0.25, 0.3) is 12.2 Å². The van der Waals surface area contributed by atoms with Gasteiger partial charge in [-0.3, -0.25) is 4.79 Å². The summed E-state index contributed by atoms with van der Waals surface area (Å²) in [5.74, 6) is -0.979. The second-order valence-electron chi connectivity index (χ2n) is 9.61. The molecule has 1 amide bonds. The van der Waals surface area contributed by atoms with Crippen LogP contribution in [0.15, 0.2) is 60.7 Å². The standard InChI is InChI=1S/C31H35NO5/c1-36-29(33)19-18-24-7-5-10-27(21-24)32(31(35)26-8-3-2-4-9-26)22-25-15-13-23(14-16-25)17-20-30(34)37-28-11-6-12-28/h5,7,10,13-21,26,28H,2-4,6,8-9,11-12,22H2,1H3/b19-18+,20-17+/i22D. The lowest BCUT2D eigenvalue weighted by Gasteiger charge is -2.30. The molecule has 0 radical (unpaired) electrons. The lowest BCUT2D eigenvalue weighted by Crippen LogP contribution is -2.36. The Hall–Kier alpha value is -3.67. The minimum atomic E-state index is -0.953. The maximum atomic E-state index is 13.8. The zero-order chi connectivity index (χ0) is 26.9. The predicted molar refractivity (Wildman–Crippen MR) is 144 cm³/mol. The summed E-state index contributed by atoms with van der Waals surface area (Å²) < 4.78 is 19.1. The number of benzene rings is 2.